The number of benzene rings is 5. The summed E-state index contributed by atoms with van der Waals surface area (Å²) in [5, 5.41) is 2.25. The van der Waals surface area contributed by atoms with E-state index in [9.17, 15) is 0 Å². The molecule has 3 heteroatoms. The number of imidazole rings is 1. The van der Waals surface area contributed by atoms with Crippen molar-refractivity contribution in [3.8, 4) is 28.2 Å². The van der Waals surface area contributed by atoms with Gasteiger partial charge in [0, 0.05) is 10.8 Å². The van der Waals surface area contributed by atoms with Crippen LogP contribution in [-0.4, -0.2) is 9.55 Å². The average molecular weight is 535 g/mol. The summed E-state index contributed by atoms with van der Waals surface area (Å²) in [7, 11) is 0. The summed E-state index contributed by atoms with van der Waals surface area (Å²) in [4.78, 5) is 5.28. The summed E-state index contributed by atoms with van der Waals surface area (Å²) < 4.78 is 8.98. The van der Waals surface area contributed by atoms with E-state index in [0.29, 0.717) is 11.8 Å². The molecule has 0 saturated carbocycles. The molecule has 0 N–H and O–H groups in total. The van der Waals surface area contributed by atoms with Crippen LogP contribution in [0.3, 0.4) is 0 Å². The van der Waals surface area contributed by atoms with E-state index in [1.165, 1.54) is 33.5 Å². The molecule has 2 aromatic heterocycles. The van der Waals surface area contributed by atoms with E-state index >= 15 is 0 Å². The van der Waals surface area contributed by atoms with Gasteiger partial charge >= 0.3 is 0 Å². The van der Waals surface area contributed by atoms with Crippen LogP contribution < -0.4 is 0 Å². The van der Waals surface area contributed by atoms with E-state index in [2.05, 4.69) is 142 Å². The third-order valence-corrected chi connectivity index (χ3v) is 8.20. The number of nitrogens with zero attached hydrogens (tertiary/aromatic N) is 2. The van der Waals surface area contributed by atoms with E-state index in [0.717, 1.165) is 44.4 Å². The van der Waals surface area contributed by atoms with Crippen LogP contribution in [0.25, 0.3) is 61.2 Å². The number of furan rings is 1. The predicted molar refractivity (Wildman–Crippen MR) is 172 cm³/mol. The van der Waals surface area contributed by atoms with Crippen molar-refractivity contribution < 1.29 is 4.42 Å². The summed E-state index contributed by atoms with van der Waals surface area (Å²) in [5.41, 5.74) is 12.4. The van der Waals surface area contributed by atoms with Gasteiger partial charge < -0.3 is 4.42 Å². The fourth-order valence-corrected chi connectivity index (χ4v) is 6.13. The smallest absolute Gasteiger partial charge is 0.149 e. The molecule has 0 fully saturated rings. The largest absolute Gasteiger partial charge is 0.455 e. The van der Waals surface area contributed by atoms with Crippen LogP contribution in [-0.2, 0) is 0 Å². The van der Waals surface area contributed by atoms with Crippen molar-refractivity contribution in [2.45, 2.75) is 46.5 Å². The number of hydrogen-bond acceptors (Lipinski definition) is 2. The van der Waals surface area contributed by atoms with Crippen LogP contribution >= 0.6 is 0 Å². The fourth-order valence-electron chi connectivity index (χ4n) is 6.13. The SMILES string of the molecule is Cc1ccc2c(c1)oc1c(-c3nc4ccccc4n3-c3c(C(C)C)cc(-c4ccccc4)cc3C(C)C)cccc12. The Balaban J connectivity index is 1.59. The minimum absolute atomic E-state index is 0.310. The highest BCUT2D eigenvalue weighted by Crippen LogP contribution is 2.42. The van der Waals surface area contributed by atoms with Gasteiger partial charge in [-0.05, 0) is 83.0 Å². The summed E-state index contributed by atoms with van der Waals surface area (Å²) in [6, 6.07) is 36.8. The summed E-state index contributed by atoms with van der Waals surface area (Å²) in [6.07, 6.45) is 0. The van der Waals surface area contributed by atoms with Crippen molar-refractivity contribution >= 4 is 33.0 Å². The normalized spacial score (nSPS) is 12.0. The molecule has 0 aliphatic rings. The Hall–Kier alpha value is -4.63. The predicted octanol–water partition coefficient (Wildman–Crippen LogP) is 10.8. The van der Waals surface area contributed by atoms with Gasteiger partial charge in [0.05, 0.1) is 22.3 Å². The van der Waals surface area contributed by atoms with E-state index < -0.39 is 0 Å². The van der Waals surface area contributed by atoms with E-state index in [-0.39, 0.29) is 0 Å². The highest BCUT2D eigenvalue weighted by Gasteiger charge is 2.25. The maximum atomic E-state index is 6.58. The first-order valence-corrected chi connectivity index (χ1v) is 14.5. The Morgan fingerprint density at radius 3 is 2.10 bits per heavy atom. The molecule has 0 atom stereocenters. The summed E-state index contributed by atoms with van der Waals surface area (Å²) in [6.45, 7) is 11.3. The second kappa shape index (κ2) is 9.78. The van der Waals surface area contributed by atoms with Crippen LogP contribution in [0.1, 0.15) is 56.2 Å². The molecule has 0 bridgehead atoms. The van der Waals surface area contributed by atoms with Gasteiger partial charge in [0.1, 0.15) is 17.0 Å². The minimum atomic E-state index is 0.310. The van der Waals surface area contributed by atoms with Crippen LogP contribution in [0, 0.1) is 6.92 Å². The van der Waals surface area contributed by atoms with Gasteiger partial charge in [-0.15, -0.1) is 0 Å². The second-order valence-corrected chi connectivity index (χ2v) is 11.7. The Morgan fingerprint density at radius 2 is 1.37 bits per heavy atom. The average Bonchev–Trinajstić information content (AvgIpc) is 3.54. The molecule has 2 heterocycles. The monoisotopic (exact) mass is 534 g/mol. The molecule has 0 aliphatic carbocycles. The number of rotatable bonds is 5. The van der Waals surface area contributed by atoms with E-state index in [4.69, 9.17) is 9.40 Å². The van der Waals surface area contributed by atoms with Gasteiger partial charge in [-0.1, -0.05) is 94.4 Å². The van der Waals surface area contributed by atoms with Gasteiger partial charge in [-0.2, -0.15) is 0 Å². The molecule has 202 valence electrons. The van der Waals surface area contributed by atoms with Crippen molar-refractivity contribution in [2.75, 3.05) is 0 Å². The molecule has 7 aromatic rings. The third kappa shape index (κ3) is 4.15. The van der Waals surface area contributed by atoms with Crippen LogP contribution in [0.2, 0.25) is 0 Å². The highest BCUT2D eigenvalue weighted by atomic mass is 16.3. The van der Waals surface area contributed by atoms with E-state index in [1.54, 1.807) is 0 Å². The molecule has 0 unspecified atom stereocenters. The molecule has 41 heavy (non-hydrogen) atoms. The van der Waals surface area contributed by atoms with Gasteiger partial charge in [-0.3, -0.25) is 4.57 Å². The number of aromatic nitrogens is 2. The number of aryl methyl sites for hydroxylation is 1. The zero-order valence-corrected chi connectivity index (χ0v) is 24.3. The van der Waals surface area contributed by atoms with Gasteiger partial charge in [0.25, 0.3) is 0 Å². The maximum Gasteiger partial charge on any atom is 0.149 e. The van der Waals surface area contributed by atoms with Gasteiger partial charge in [0.2, 0.25) is 0 Å². The molecular formula is C38H34N2O. The Morgan fingerprint density at radius 1 is 0.659 bits per heavy atom. The first kappa shape index (κ1) is 25.3. The van der Waals surface area contributed by atoms with Crippen molar-refractivity contribution in [3.63, 3.8) is 0 Å². The highest BCUT2D eigenvalue weighted by molar-refractivity contribution is 6.09. The molecule has 0 spiro atoms. The lowest BCUT2D eigenvalue weighted by molar-refractivity contribution is 0.669. The molecular weight excluding hydrogens is 500 g/mol. The van der Waals surface area contributed by atoms with Crippen molar-refractivity contribution in [2.24, 2.45) is 0 Å². The Labute approximate surface area is 241 Å². The quantitative estimate of drug-likeness (QED) is 0.220. The lowest BCUT2D eigenvalue weighted by atomic mass is 9.88. The lowest BCUT2D eigenvalue weighted by Crippen LogP contribution is -2.09. The Bertz CT molecular complexity index is 2030. The first-order chi connectivity index (χ1) is 19.9. The van der Waals surface area contributed by atoms with Crippen molar-refractivity contribution in [3.05, 3.63) is 120 Å². The topological polar surface area (TPSA) is 31.0 Å². The number of hydrogen-bond donors (Lipinski definition) is 0. The molecule has 0 aliphatic heterocycles. The minimum Gasteiger partial charge on any atom is -0.455 e. The zero-order valence-electron chi connectivity index (χ0n) is 24.3. The number of fused-ring (bicyclic) bond motifs is 4. The van der Waals surface area contributed by atoms with Crippen LogP contribution in [0.5, 0.6) is 0 Å². The van der Waals surface area contributed by atoms with Crippen molar-refractivity contribution in [1.29, 1.82) is 0 Å². The van der Waals surface area contributed by atoms with Gasteiger partial charge in [0.15, 0.2) is 0 Å². The van der Waals surface area contributed by atoms with Crippen LogP contribution in [0.4, 0.5) is 0 Å². The standard InChI is InChI=1S/C38H34N2O/c1-23(2)31-21-27(26-12-7-6-8-13-26)22-32(24(3)4)36(31)40-34-17-10-9-16-33(34)39-38(40)30-15-11-14-29-28-19-18-25(5)20-35(28)41-37(29)30/h6-24H,1-5H3. The maximum absolute atomic E-state index is 6.58. The fraction of sp³-hybridized carbons (Fsp3) is 0.184. The third-order valence-electron chi connectivity index (χ3n) is 8.20. The molecule has 5 aromatic carbocycles. The summed E-state index contributed by atoms with van der Waals surface area (Å²) >= 11 is 0. The summed E-state index contributed by atoms with van der Waals surface area (Å²) in [5.74, 6) is 1.53. The van der Waals surface area contributed by atoms with Gasteiger partial charge in [-0.25, -0.2) is 4.98 Å². The zero-order chi connectivity index (χ0) is 28.2. The lowest BCUT2D eigenvalue weighted by Gasteiger charge is -2.24. The number of para-hydroxylation sites is 3. The molecule has 7 rings (SSSR count). The first-order valence-electron chi connectivity index (χ1n) is 14.5. The second-order valence-electron chi connectivity index (χ2n) is 11.7. The van der Waals surface area contributed by atoms with Crippen molar-refractivity contribution in [1.82, 2.24) is 9.55 Å². The molecule has 0 saturated heterocycles. The Kier molecular flexibility index (Phi) is 6.04. The molecule has 0 amide bonds. The molecule has 0 radical (unpaired) electrons. The molecule has 3 nitrogen and oxygen atoms in total. The van der Waals surface area contributed by atoms with Crippen LogP contribution in [0.15, 0.2) is 108 Å². The van der Waals surface area contributed by atoms with E-state index in [1.807, 2.05) is 0 Å².